The van der Waals surface area contributed by atoms with Crippen LogP contribution in [0.25, 0.3) is 0 Å². The largest absolute Gasteiger partial charge is 0.507 e. The summed E-state index contributed by atoms with van der Waals surface area (Å²) < 4.78 is 5.46. The van der Waals surface area contributed by atoms with Crippen LogP contribution in [0.15, 0.2) is 11.6 Å². The maximum absolute atomic E-state index is 11.5. The summed E-state index contributed by atoms with van der Waals surface area (Å²) in [7, 11) is 0. The van der Waals surface area contributed by atoms with Gasteiger partial charge in [0.2, 0.25) is 0 Å². The summed E-state index contributed by atoms with van der Waals surface area (Å²) in [6.45, 7) is 18.8. The number of allylic oxidation sites excluding steroid dienone is 2. The number of aromatic hydroxyl groups is 1. The van der Waals surface area contributed by atoms with Gasteiger partial charge in [0.15, 0.2) is 0 Å². The Morgan fingerprint density at radius 2 is 1.40 bits per heavy atom. The molecule has 3 heteroatoms. The predicted molar refractivity (Wildman–Crippen MR) is 150 cm³/mol. The summed E-state index contributed by atoms with van der Waals surface area (Å²) in [5.41, 5.74) is 4.85. The highest BCUT2D eigenvalue weighted by Crippen LogP contribution is 2.38. The van der Waals surface area contributed by atoms with E-state index in [4.69, 9.17) is 4.74 Å². The Labute approximate surface area is 216 Å². The van der Waals surface area contributed by atoms with Gasteiger partial charge in [0.1, 0.15) is 11.5 Å². The van der Waals surface area contributed by atoms with Crippen LogP contribution in [-0.2, 0) is 11.2 Å². The van der Waals surface area contributed by atoms with Crippen LogP contribution in [0.1, 0.15) is 128 Å². The van der Waals surface area contributed by atoms with Gasteiger partial charge in [0, 0.05) is 12.5 Å². The van der Waals surface area contributed by atoms with Crippen LogP contribution in [0.2, 0.25) is 0 Å². The number of carbonyl (C=O) groups is 1. The predicted octanol–water partition coefficient (Wildman–Crippen LogP) is 9.56. The molecule has 0 aliphatic heterocycles. The first-order valence-corrected chi connectivity index (χ1v) is 14.1. The number of esters is 1. The van der Waals surface area contributed by atoms with E-state index in [0.717, 1.165) is 65.7 Å². The Hall–Kier alpha value is -1.77. The van der Waals surface area contributed by atoms with Gasteiger partial charge in [-0.3, -0.25) is 4.79 Å². The number of phenolic OH excluding ortho intramolecular Hbond substituents is 1. The Morgan fingerprint density at radius 1 is 0.829 bits per heavy atom. The molecule has 1 rings (SSSR count). The molecule has 2 unspecified atom stereocenters. The number of hydrogen-bond donors (Lipinski definition) is 1. The van der Waals surface area contributed by atoms with Crippen LogP contribution in [0.3, 0.4) is 0 Å². The zero-order valence-corrected chi connectivity index (χ0v) is 24.4. The lowest BCUT2D eigenvalue weighted by Gasteiger charge is -2.18. The minimum atomic E-state index is -0.323. The van der Waals surface area contributed by atoms with Crippen molar-refractivity contribution in [3.8, 4) is 11.5 Å². The van der Waals surface area contributed by atoms with E-state index in [0.29, 0.717) is 11.5 Å². The van der Waals surface area contributed by atoms with E-state index in [9.17, 15) is 9.90 Å². The summed E-state index contributed by atoms with van der Waals surface area (Å²) in [4.78, 5) is 11.5. The Balaban J connectivity index is 2.42. The minimum Gasteiger partial charge on any atom is -0.507 e. The molecule has 2 atom stereocenters. The quantitative estimate of drug-likeness (QED) is 0.144. The number of phenols is 1. The van der Waals surface area contributed by atoms with Crippen molar-refractivity contribution in [3.63, 3.8) is 0 Å². The van der Waals surface area contributed by atoms with Crippen molar-refractivity contribution in [1.29, 1.82) is 0 Å². The standard InChI is InChI=1S/C32H54O3/c1-22(2)14-10-15-23(3)16-11-17-24(4)18-12-19-25(5)20-13-21-30-28(8)32(35-29(9)33)27(7)26(6)31(30)34/h19,22-24,34H,10-18,20-21H2,1-9H3/b25-19+. The van der Waals surface area contributed by atoms with Gasteiger partial charge < -0.3 is 9.84 Å². The zero-order chi connectivity index (χ0) is 26.5. The van der Waals surface area contributed by atoms with Crippen molar-refractivity contribution in [2.24, 2.45) is 17.8 Å². The van der Waals surface area contributed by atoms with E-state index in [2.05, 4.69) is 40.7 Å². The van der Waals surface area contributed by atoms with Gasteiger partial charge >= 0.3 is 5.97 Å². The molecular weight excluding hydrogens is 432 g/mol. The smallest absolute Gasteiger partial charge is 0.308 e. The normalized spacial score (nSPS) is 13.8. The first-order valence-electron chi connectivity index (χ1n) is 14.1. The Bertz CT molecular complexity index is 819. The first-order chi connectivity index (χ1) is 16.4. The lowest BCUT2D eigenvalue weighted by atomic mass is 9.91. The molecule has 0 radical (unpaired) electrons. The average molecular weight is 487 g/mol. The summed E-state index contributed by atoms with van der Waals surface area (Å²) >= 11 is 0. The maximum Gasteiger partial charge on any atom is 0.308 e. The summed E-state index contributed by atoms with van der Waals surface area (Å²) in [5, 5.41) is 10.7. The molecule has 35 heavy (non-hydrogen) atoms. The Kier molecular flexibility index (Phi) is 14.4. The molecule has 0 fully saturated rings. The molecular formula is C32H54O3. The van der Waals surface area contributed by atoms with Crippen molar-refractivity contribution in [1.82, 2.24) is 0 Å². The third-order valence-electron chi connectivity index (χ3n) is 7.61. The van der Waals surface area contributed by atoms with Gasteiger partial charge in [0.05, 0.1) is 0 Å². The number of hydrogen-bond acceptors (Lipinski definition) is 3. The van der Waals surface area contributed by atoms with Crippen LogP contribution in [0.5, 0.6) is 11.5 Å². The SMILES string of the molecule is CC(=O)Oc1c(C)c(C)c(O)c(CCC/C(C)=C/CCC(C)CCCC(C)CCCC(C)C)c1C. The summed E-state index contributed by atoms with van der Waals surface area (Å²) in [6.07, 6.45) is 15.8. The molecule has 0 saturated heterocycles. The molecule has 0 aromatic heterocycles. The highest BCUT2D eigenvalue weighted by Gasteiger charge is 2.19. The molecule has 1 aromatic rings. The molecule has 0 spiro atoms. The first kappa shape index (κ1) is 31.3. The molecule has 0 amide bonds. The van der Waals surface area contributed by atoms with Crippen LogP contribution in [0, 0.1) is 38.5 Å². The van der Waals surface area contributed by atoms with Crippen molar-refractivity contribution < 1.29 is 14.6 Å². The average Bonchev–Trinajstić information content (AvgIpc) is 2.77. The van der Waals surface area contributed by atoms with Gasteiger partial charge in [0.25, 0.3) is 0 Å². The van der Waals surface area contributed by atoms with Gasteiger partial charge in [-0.1, -0.05) is 77.9 Å². The lowest BCUT2D eigenvalue weighted by Crippen LogP contribution is -2.08. The molecule has 0 saturated carbocycles. The fourth-order valence-corrected chi connectivity index (χ4v) is 5.01. The molecule has 0 bridgehead atoms. The molecule has 1 N–H and O–H groups in total. The van der Waals surface area contributed by atoms with E-state index in [-0.39, 0.29) is 5.97 Å². The number of carbonyl (C=O) groups excluding carboxylic acids is 1. The van der Waals surface area contributed by atoms with Crippen molar-refractivity contribution in [3.05, 3.63) is 33.9 Å². The second kappa shape index (κ2) is 16.1. The maximum atomic E-state index is 11.5. The molecule has 200 valence electrons. The van der Waals surface area contributed by atoms with E-state index in [1.807, 2.05) is 20.8 Å². The van der Waals surface area contributed by atoms with Crippen molar-refractivity contribution in [2.45, 2.75) is 133 Å². The van der Waals surface area contributed by atoms with Crippen LogP contribution in [-0.4, -0.2) is 11.1 Å². The molecule has 0 heterocycles. The van der Waals surface area contributed by atoms with E-state index >= 15 is 0 Å². The molecule has 1 aromatic carbocycles. The van der Waals surface area contributed by atoms with Crippen LogP contribution in [0.4, 0.5) is 0 Å². The minimum absolute atomic E-state index is 0.323. The fraction of sp³-hybridized carbons (Fsp3) is 0.719. The molecule has 3 nitrogen and oxygen atoms in total. The monoisotopic (exact) mass is 486 g/mol. The molecule has 0 aliphatic rings. The topological polar surface area (TPSA) is 46.5 Å². The highest BCUT2D eigenvalue weighted by atomic mass is 16.5. The summed E-state index contributed by atoms with van der Waals surface area (Å²) in [5.74, 6) is 3.12. The van der Waals surface area contributed by atoms with Gasteiger partial charge in [-0.2, -0.15) is 0 Å². The Morgan fingerprint density at radius 3 is 1.97 bits per heavy atom. The third-order valence-corrected chi connectivity index (χ3v) is 7.61. The lowest BCUT2D eigenvalue weighted by molar-refractivity contribution is -0.131. The van der Waals surface area contributed by atoms with Crippen molar-refractivity contribution in [2.75, 3.05) is 0 Å². The number of ether oxygens (including phenoxy) is 1. The van der Waals surface area contributed by atoms with Crippen LogP contribution < -0.4 is 4.74 Å². The van der Waals surface area contributed by atoms with Gasteiger partial charge in [-0.25, -0.2) is 0 Å². The number of rotatable bonds is 16. The second-order valence-electron chi connectivity index (χ2n) is 11.6. The van der Waals surface area contributed by atoms with Crippen LogP contribution >= 0.6 is 0 Å². The van der Waals surface area contributed by atoms with Crippen molar-refractivity contribution >= 4 is 5.97 Å². The number of benzene rings is 1. The van der Waals surface area contributed by atoms with E-state index in [1.54, 1.807) is 0 Å². The summed E-state index contributed by atoms with van der Waals surface area (Å²) in [6, 6.07) is 0. The fourth-order valence-electron chi connectivity index (χ4n) is 5.01. The van der Waals surface area contributed by atoms with E-state index in [1.165, 1.54) is 57.4 Å². The zero-order valence-electron chi connectivity index (χ0n) is 24.4. The highest BCUT2D eigenvalue weighted by molar-refractivity contribution is 5.72. The molecule has 0 aliphatic carbocycles. The second-order valence-corrected chi connectivity index (χ2v) is 11.6. The van der Waals surface area contributed by atoms with Gasteiger partial charge in [-0.15, -0.1) is 0 Å². The third kappa shape index (κ3) is 11.7. The van der Waals surface area contributed by atoms with Gasteiger partial charge in [-0.05, 0) is 94.2 Å². The van der Waals surface area contributed by atoms with E-state index < -0.39 is 0 Å².